The first-order chi connectivity index (χ1) is 15.3. The monoisotopic (exact) mass is 528 g/mol. The Bertz CT molecular complexity index is 1250. The molecule has 162 valence electrons. The molecule has 3 aromatic carbocycles. The summed E-state index contributed by atoms with van der Waals surface area (Å²) >= 11 is 16.2. The number of amides is 1. The molecule has 0 aliphatic carbocycles. The number of anilines is 1. The first-order valence-corrected chi connectivity index (χ1v) is 11.2. The Morgan fingerprint density at radius 2 is 1.91 bits per heavy atom. The highest BCUT2D eigenvalue weighted by Crippen LogP contribution is 2.33. The maximum atomic E-state index is 12.7. The number of benzene rings is 3. The molecule has 0 spiro atoms. The molecule has 4 nitrogen and oxygen atoms in total. The standard InChI is InChI=1S/C25H19BrCl2N2O2/c1-15-21(27)8-5-9-23(15)30-25(31)18(14-29)10-16-11-22(28)19(24(12-16)32-2)13-17-6-3-4-7-20(17)26/h3-12H,13H2,1-2H3,(H,30,31)/b18-10+. The van der Waals surface area contributed by atoms with E-state index >= 15 is 0 Å². The molecule has 3 aromatic rings. The van der Waals surface area contributed by atoms with Crippen molar-refractivity contribution in [2.75, 3.05) is 12.4 Å². The van der Waals surface area contributed by atoms with Gasteiger partial charge in [-0.3, -0.25) is 4.79 Å². The molecule has 0 aromatic heterocycles. The van der Waals surface area contributed by atoms with Crippen molar-refractivity contribution in [2.24, 2.45) is 0 Å². The average molecular weight is 530 g/mol. The lowest BCUT2D eigenvalue weighted by molar-refractivity contribution is -0.112. The van der Waals surface area contributed by atoms with E-state index in [9.17, 15) is 10.1 Å². The van der Waals surface area contributed by atoms with E-state index < -0.39 is 5.91 Å². The molecule has 3 rings (SSSR count). The van der Waals surface area contributed by atoms with E-state index in [4.69, 9.17) is 27.9 Å². The first-order valence-electron chi connectivity index (χ1n) is 9.62. The number of methoxy groups -OCH3 is 1. The predicted molar refractivity (Wildman–Crippen MR) is 133 cm³/mol. The molecule has 1 amide bonds. The number of nitrogens with one attached hydrogen (secondary N) is 1. The number of ether oxygens (including phenoxy) is 1. The summed E-state index contributed by atoms with van der Waals surface area (Å²) in [6, 6.07) is 18.5. The number of carbonyl (C=O) groups excluding carboxylic acids is 1. The zero-order valence-corrected chi connectivity index (χ0v) is 20.5. The second-order valence-electron chi connectivity index (χ2n) is 6.99. The molecule has 0 saturated carbocycles. The molecule has 0 unspecified atom stereocenters. The topological polar surface area (TPSA) is 62.1 Å². The molecular weight excluding hydrogens is 511 g/mol. The van der Waals surface area contributed by atoms with Gasteiger partial charge in [-0.15, -0.1) is 0 Å². The van der Waals surface area contributed by atoms with Crippen LogP contribution in [0.15, 0.2) is 64.6 Å². The summed E-state index contributed by atoms with van der Waals surface area (Å²) in [5.74, 6) is 0.0353. The Balaban J connectivity index is 1.91. The SMILES string of the molecule is COc1cc(/C=C(\C#N)C(=O)Nc2cccc(Cl)c2C)cc(Cl)c1Cc1ccccc1Br. The molecule has 0 bridgehead atoms. The number of nitrogens with zero attached hydrogens (tertiary/aromatic N) is 1. The van der Waals surface area contributed by atoms with E-state index in [-0.39, 0.29) is 5.57 Å². The number of carbonyl (C=O) groups is 1. The predicted octanol–water partition coefficient (Wildman–Crippen LogP) is 7.21. The van der Waals surface area contributed by atoms with Crippen molar-refractivity contribution >= 4 is 56.8 Å². The van der Waals surface area contributed by atoms with Gasteiger partial charge in [0.1, 0.15) is 17.4 Å². The second-order valence-corrected chi connectivity index (χ2v) is 8.66. The van der Waals surface area contributed by atoms with Gasteiger partial charge in [0.2, 0.25) is 0 Å². The highest BCUT2D eigenvalue weighted by atomic mass is 79.9. The molecule has 0 aliphatic heterocycles. The van der Waals surface area contributed by atoms with Crippen LogP contribution in [-0.2, 0) is 11.2 Å². The fourth-order valence-corrected chi connectivity index (χ4v) is 4.03. The first kappa shape index (κ1) is 23.9. The van der Waals surface area contributed by atoms with E-state index in [0.29, 0.717) is 33.5 Å². The van der Waals surface area contributed by atoms with Crippen molar-refractivity contribution in [3.05, 3.63) is 96.9 Å². The van der Waals surface area contributed by atoms with Gasteiger partial charge in [-0.1, -0.05) is 63.4 Å². The highest BCUT2D eigenvalue weighted by Gasteiger charge is 2.15. The van der Waals surface area contributed by atoms with Gasteiger partial charge >= 0.3 is 0 Å². The van der Waals surface area contributed by atoms with Crippen LogP contribution in [0.25, 0.3) is 6.08 Å². The summed E-state index contributed by atoms with van der Waals surface area (Å²) in [7, 11) is 1.56. The largest absolute Gasteiger partial charge is 0.496 e. The minimum absolute atomic E-state index is 0.0685. The lowest BCUT2D eigenvalue weighted by Crippen LogP contribution is -2.14. The quantitative estimate of drug-likeness (QED) is 0.271. The number of hydrogen-bond donors (Lipinski definition) is 1. The molecule has 0 saturated heterocycles. The lowest BCUT2D eigenvalue weighted by Gasteiger charge is -2.13. The summed E-state index contributed by atoms with van der Waals surface area (Å²) in [5, 5.41) is 13.3. The van der Waals surface area contributed by atoms with Crippen molar-refractivity contribution in [1.82, 2.24) is 0 Å². The maximum absolute atomic E-state index is 12.7. The van der Waals surface area contributed by atoms with Crippen molar-refractivity contribution < 1.29 is 9.53 Å². The summed E-state index contributed by atoms with van der Waals surface area (Å²) in [4.78, 5) is 12.7. The number of halogens is 3. The zero-order chi connectivity index (χ0) is 23.3. The minimum Gasteiger partial charge on any atom is -0.496 e. The van der Waals surface area contributed by atoms with Gasteiger partial charge in [0.25, 0.3) is 5.91 Å². The van der Waals surface area contributed by atoms with Crippen molar-refractivity contribution in [3.8, 4) is 11.8 Å². The second kappa shape index (κ2) is 10.7. The van der Waals surface area contributed by atoms with Crippen LogP contribution in [0.4, 0.5) is 5.69 Å². The molecule has 0 fully saturated rings. The molecular formula is C25H19BrCl2N2O2. The van der Waals surface area contributed by atoms with Crippen LogP contribution in [-0.4, -0.2) is 13.0 Å². The van der Waals surface area contributed by atoms with E-state index in [1.807, 2.05) is 30.3 Å². The van der Waals surface area contributed by atoms with Gasteiger partial charge in [-0.2, -0.15) is 5.26 Å². The van der Waals surface area contributed by atoms with Crippen molar-refractivity contribution in [2.45, 2.75) is 13.3 Å². The smallest absolute Gasteiger partial charge is 0.266 e. The van der Waals surface area contributed by atoms with Gasteiger partial charge < -0.3 is 10.1 Å². The van der Waals surface area contributed by atoms with Gasteiger partial charge in [0.05, 0.1) is 7.11 Å². The summed E-state index contributed by atoms with van der Waals surface area (Å²) < 4.78 is 6.53. The van der Waals surface area contributed by atoms with E-state index in [1.165, 1.54) is 6.08 Å². The molecule has 0 atom stereocenters. The molecule has 7 heteroatoms. The average Bonchev–Trinajstić information content (AvgIpc) is 2.77. The van der Waals surface area contributed by atoms with Crippen LogP contribution in [0.2, 0.25) is 10.0 Å². The molecule has 1 N–H and O–H groups in total. The number of rotatable bonds is 6. The normalized spacial score (nSPS) is 11.1. The Kier molecular flexibility index (Phi) is 7.98. The van der Waals surface area contributed by atoms with Crippen LogP contribution in [0, 0.1) is 18.3 Å². The fraction of sp³-hybridized carbons (Fsp3) is 0.120. The van der Waals surface area contributed by atoms with Gasteiger partial charge in [0.15, 0.2) is 0 Å². The summed E-state index contributed by atoms with van der Waals surface area (Å²) in [6.07, 6.45) is 2.04. The van der Waals surface area contributed by atoms with Crippen LogP contribution in [0.5, 0.6) is 5.75 Å². The fourth-order valence-electron chi connectivity index (χ4n) is 3.15. The van der Waals surface area contributed by atoms with Crippen LogP contribution < -0.4 is 10.1 Å². The van der Waals surface area contributed by atoms with Crippen LogP contribution >= 0.6 is 39.1 Å². The zero-order valence-electron chi connectivity index (χ0n) is 17.4. The van der Waals surface area contributed by atoms with E-state index in [0.717, 1.165) is 21.2 Å². The summed E-state index contributed by atoms with van der Waals surface area (Å²) in [5.41, 5.74) is 3.66. The third-order valence-electron chi connectivity index (χ3n) is 4.91. The maximum Gasteiger partial charge on any atom is 0.266 e. The van der Waals surface area contributed by atoms with Gasteiger partial charge in [-0.25, -0.2) is 0 Å². The third-order valence-corrected chi connectivity index (χ3v) is 6.43. The van der Waals surface area contributed by atoms with E-state index in [1.54, 1.807) is 44.4 Å². The Morgan fingerprint density at radius 1 is 1.16 bits per heavy atom. The van der Waals surface area contributed by atoms with Crippen LogP contribution in [0.3, 0.4) is 0 Å². The number of nitriles is 1. The number of hydrogen-bond acceptors (Lipinski definition) is 3. The van der Waals surface area contributed by atoms with Crippen LogP contribution in [0.1, 0.15) is 22.3 Å². The molecule has 0 heterocycles. The van der Waals surface area contributed by atoms with Crippen molar-refractivity contribution in [3.63, 3.8) is 0 Å². The highest BCUT2D eigenvalue weighted by molar-refractivity contribution is 9.10. The van der Waals surface area contributed by atoms with Gasteiger partial charge in [-0.05, 0) is 60.0 Å². The van der Waals surface area contributed by atoms with Crippen molar-refractivity contribution in [1.29, 1.82) is 5.26 Å². The molecule has 0 aliphatic rings. The lowest BCUT2D eigenvalue weighted by atomic mass is 10.0. The third kappa shape index (κ3) is 5.52. The molecule has 32 heavy (non-hydrogen) atoms. The Morgan fingerprint density at radius 3 is 2.59 bits per heavy atom. The minimum atomic E-state index is -0.537. The Hall–Kier alpha value is -2.78. The summed E-state index contributed by atoms with van der Waals surface area (Å²) in [6.45, 7) is 1.79. The Labute approximate surface area is 205 Å². The molecule has 0 radical (unpaired) electrons. The van der Waals surface area contributed by atoms with Gasteiger partial charge in [0, 0.05) is 32.2 Å². The van der Waals surface area contributed by atoms with E-state index in [2.05, 4.69) is 21.2 Å².